The summed E-state index contributed by atoms with van der Waals surface area (Å²) >= 11 is 0. The first-order valence-electron chi connectivity index (χ1n) is 9.46. The van der Waals surface area contributed by atoms with Gasteiger partial charge in [0.2, 0.25) is 17.7 Å². The summed E-state index contributed by atoms with van der Waals surface area (Å²) in [5.41, 5.74) is 0. The Hall–Kier alpha value is -1.65. The first-order chi connectivity index (χ1) is 11.7. The number of hydrogen-bond donors (Lipinski definition) is 1. The molecule has 2 aliphatic carbocycles. The highest BCUT2D eigenvalue weighted by Crippen LogP contribution is 2.35. The van der Waals surface area contributed by atoms with Crippen LogP contribution >= 0.6 is 0 Å². The van der Waals surface area contributed by atoms with Crippen LogP contribution in [0.4, 0.5) is 0 Å². The van der Waals surface area contributed by atoms with E-state index in [1.54, 1.807) is 0 Å². The van der Waals surface area contributed by atoms with Gasteiger partial charge in [-0.3, -0.25) is 19.3 Å². The Kier molecular flexibility index (Phi) is 5.69. The van der Waals surface area contributed by atoms with Crippen molar-refractivity contribution in [3.63, 3.8) is 0 Å². The van der Waals surface area contributed by atoms with Gasteiger partial charge in [0.25, 0.3) is 0 Å². The van der Waals surface area contributed by atoms with E-state index in [2.05, 4.69) is 5.32 Å². The van der Waals surface area contributed by atoms with Crippen LogP contribution in [0.3, 0.4) is 0 Å². The maximum absolute atomic E-state index is 12.4. The maximum atomic E-state index is 12.4. The van der Waals surface area contributed by atoms with Crippen LogP contribution in [0.1, 0.15) is 64.2 Å². The molecule has 3 aliphatic rings. The Labute approximate surface area is 143 Å². The molecule has 2 atom stereocenters. The summed E-state index contributed by atoms with van der Waals surface area (Å²) in [5, 5.41) is 3.12. The number of nitrogens with zero attached hydrogens (tertiary/aromatic N) is 1. The molecule has 0 radical (unpaired) electrons. The number of likely N-dealkylation sites (tertiary alicyclic amines) is 1. The minimum Gasteiger partial charge on any atom is -0.353 e. The average molecular weight is 332 g/mol. The highest BCUT2D eigenvalue weighted by Gasteiger charge is 2.46. The Morgan fingerprint density at radius 2 is 1.58 bits per heavy atom. The quantitative estimate of drug-likeness (QED) is 0.478. The van der Waals surface area contributed by atoms with E-state index in [9.17, 15) is 14.4 Å². The van der Waals surface area contributed by atoms with Gasteiger partial charge in [-0.05, 0) is 32.1 Å². The van der Waals surface area contributed by atoms with Gasteiger partial charge in [0, 0.05) is 19.0 Å². The summed E-state index contributed by atoms with van der Waals surface area (Å²) in [5.74, 6) is -0.359. The van der Waals surface area contributed by atoms with E-state index in [-0.39, 0.29) is 29.6 Å². The number of hydrogen-bond acceptors (Lipinski definition) is 3. The van der Waals surface area contributed by atoms with Crippen LogP contribution in [0.25, 0.3) is 0 Å². The number of amides is 3. The van der Waals surface area contributed by atoms with E-state index in [1.165, 1.54) is 30.6 Å². The van der Waals surface area contributed by atoms with E-state index < -0.39 is 0 Å². The van der Waals surface area contributed by atoms with Gasteiger partial charge in [0.15, 0.2) is 0 Å². The standard InChI is InChI=1S/C19H28N2O3/c22-17(20-14-8-3-1-2-4-9-14)12-7-13-21-18(23)15-10-5-6-11-16(15)19(21)24/h5-6,14-16H,1-4,7-13H2,(H,20,22)/t15-,16-/m1/s1. The van der Waals surface area contributed by atoms with E-state index >= 15 is 0 Å². The third-order valence-electron chi connectivity index (χ3n) is 5.60. The first-order valence-corrected chi connectivity index (χ1v) is 9.46. The van der Waals surface area contributed by atoms with Crippen molar-refractivity contribution >= 4 is 17.7 Å². The Morgan fingerprint density at radius 1 is 1.00 bits per heavy atom. The summed E-state index contributed by atoms with van der Waals surface area (Å²) in [6, 6.07) is 0.309. The molecule has 0 spiro atoms. The van der Waals surface area contributed by atoms with Gasteiger partial charge in [-0.1, -0.05) is 37.8 Å². The molecule has 5 nitrogen and oxygen atoms in total. The summed E-state index contributed by atoms with van der Waals surface area (Å²) < 4.78 is 0. The minimum absolute atomic E-state index is 0.0430. The maximum Gasteiger partial charge on any atom is 0.233 e. The molecular formula is C19H28N2O3. The number of carbonyl (C=O) groups is 3. The molecule has 1 heterocycles. The van der Waals surface area contributed by atoms with E-state index in [4.69, 9.17) is 0 Å². The molecule has 24 heavy (non-hydrogen) atoms. The molecule has 0 unspecified atom stereocenters. The van der Waals surface area contributed by atoms with Crippen molar-refractivity contribution in [2.24, 2.45) is 11.8 Å². The minimum atomic E-state index is -0.165. The van der Waals surface area contributed by atoms with Crippen molar-refractivity contribution in [2.75, 3.05) is 6.54 Å². The second kappa shape index (κ2) is 7.95. The zero-order valence-electron chi connectivity index (χ0n) is 14.3. The topological polar surface area (TPSA) is 66.5 Å². The molecular weight excluding hydrogens is 304 g/mol. The molecule has 1 aliphatic heterocycles. The zero-order chi connectivity index (χ0) is 16.9. The Bertz CT molecular complexity index is 495. The largest absolute Gasteiger partial charge is 0.353 e. The molecule has 1 N–H and O–H groups in total. The van der Waals surface area contributed by atoms with Crippen molar-refractivity contribution in [3.05, 3.63) is 12.2 Å². The van der Waals surface area contributed by atoms with Crippen LogP contribution in [0.2, 0.25) is 0 Å². The lowest BCUT2D eigenvalue weighted by molar-refractivity contribution is -0.140. The molecule has 3 amide bonds. The lowest BCUT2D eigenvalue weighted by Gasteiger charge is -2.17. The number of rotatable bonds is 5. The zero-order valence-corrected chi connectivity index (χ0v) is 14.3. The monoisotopic (exact) mass is 332 g/mol. The highest BCUT2D eigenvalue weighted by molar-refractivity contribution is 6.05. The number of carbonyl (C=O) groups excluding carboxylic acids is 3. The SMILES string of the molecule is O=C(CCCN1C(=O)[C@@H]2CC=CC[C@H]2C1=O)NC1CCCCCC1. The third-order valence-corrected chi connectivity index (χ3v) is 5.60. The van der Waals surface area contributed by atoms with Gasteiger partial charge in [-0.2, -0.15) is 0 Å². The van der Waals surface area contributed by atoms with Gasteiger partial charge in [0.1, 0.15) is 0 Å². The molecule has 132 valence electrons. The lowest BCUT2D eigenvalue weighted by Crippen LogP contribution is -2.36. The molecule has 3 rings (SSSR count). The summed E-state index contributed by atoms with van der Waals surface area (Å²) in [6.07, 6.45) is 13.4. The van der Waals surface area contributed by atoms with E-state index in [0.717, 1.165) is 12.8 Å². The number of nitrogens with one attached hydrogen (secondary N) is 1. The highest BCUT2D eigenvalue weighted by atomic mass is 16.2. The van der Waals surface area contributed by atoms with Crippen molar-refractivity contribution in [1.82, 2.24) is 10.2 Å². The first kappa shape index (κ1) is 17.2. The summed E-state index contributed by atoms with van der Waals surface area (Å²) in [7, 11) is 0. The molecule has 0 aromatic rings. The predicted molar refractivity (Wildman–Crippen MR) is 90.9 cm³/mol. The van der Waals surface area contributed by atoms with Gasteiger partial charge >= 0.3 is 0 Å². The molecule has 1 saturated carbocycles. The molecule has 0 aromatic carbocycles. The average Bonchev–Trinajstić information content (AvgIpc) is 2.77. The Morgan fingerprint density at radius 3 is 2.17 bits per heavy atom. The van der Waals surface area contributed by atoms with Gasteiger partial charge in [-0.25, -0.2) is 0 Å². The number of allylic oxidation sites excluding steroid dienone is 2. The molecule has 0 bridgehead atoms. The third kappa shape index (κ3) is 3.87. The predicted octanol–water partition coefficient (Wildman–Crippen LogP) is 2.56. The molecule has 5 heteroatoms. The van der Waals surface area contributed by atoms with Crippen molar-refractivity contribution in [1.29, 1.82) is 0 Å². The van der Waals surface area contributed by atoms with Gasteiger partial charge in [0.05, 0.1) is 11.8 Å². The van der Waals surface area contributed by atoms with E-state index in [1.807, 2.05) is 12.2 Å². The van der Waals surface area contributed by atoms with Crippen LogP contribution in [-0.2, 0) is 14.4 Å². The number of imide groups is 1. The van der Waals surface area contributed by atoms with Crippen LogP contribution in [0.15, 0.2) is 12.2 Å². The van der Waals surface area contributed by atoms with Gasteiger partial charge < -0.3 is 5.32 Å². The fourth-order valence-corrected chi connectivity index (χ4v) is 4.21. The van der Waals surface area contributed by atoms with E-state index in [0.29, 0.717) is 38.3 Å². The van der Waals surface area contributed by atoms with Crippen molar-refractivity contribution < 1.29 is 14.4 Å². The Balaban J connectivity index is 1.42. The fourth-order valence-electron chi connectivity index (χ4n) is 4.21. The molecule has 0 aromatic heterocycles. The summed E-state index contributed by atoms with van der Waals surface area (Å²) in [6.45, 7) is 0.378. The van der Waals surface area contributed by atoms with Gasteiger partial charge in [-0.15, -0.1) is 0 Å². The number of fused-ring (bicyclic) bond motifs is 1. The summed E-state index contributed by atoms with van der Waals surface area (Å²) in [4.78, 5) is 38.2. The molecule has 1 saturated heterocycles. The van der Waals surface area contributed by atoms with Crippen LogP contribution in [0, 0.1) is 11.8 Å². The smallest absolute Gasteiger partial charge is 0.233 e. The van der Waals surface area contributed by atoms with Crippen LogP contribution in [-0.4, -0.2) is 35.2 Å². The van der Waals surface area contributed by atoms with Crippen molar-refractivity contribution in [2.45, 2.75) is 70.3 Å². The normalized spacial score (nSPS) is 27.9. The fraction of sp³-hybridized carbons (Fsp3) is 0.737. The van der Waals surface area contributed by atoms with Crippen molar-refractivity contribution in [3.8, 4) is 0 Å². The molecule has 2 fully saturated rings. The second-order valence-corrected chi connectivity index (χ2v) is 7.34. The lowest BCUT2D eigenvalue weighted by atomic mass is 9.85. The van der Waals surface area contributed by atoms with Crippen LogP contribution < -0.4 is 5.32 Å². The second-order valence-electron chi connectivity index (χ2n) is 7.34. The van der Waals surface area contributed by atoms with Crippen LogP contribution in [0.5, 0.6) is 0 Å².